The minimum atomic E-state index is -5.00. The zero-order valence-electron chi connectivity index (χ0n) is 12.8. The van der Waals surface area contributed by atoms with Gasteiger partial charge in [-0.05, 0) is 11.1 Å². The third kappa shape index (κ3) is 5.55. The predicted molar refractivity (Wildman–Crippen MR) is 80.8 cm³/mol. The van der Waals surface area contributed by atoms with Crippen LogP contribution in [0.3, 0.4) is 0 Å². The summed E-state index contributed by atoms with van der Waals surface area (Å²) in [4.78, 5) is 0. The largest absolute Gasteiger partial charge is 0.420 e. The third-order valence-corrected chi connectivity index (χ3v) is 3.85. The Kier molecular flexibility index (Phi) is 6.43. The van der Waals surface area contributed by atoms with Gasteiger partial charge in [-0.3, -0.25) is 8.37 Å². The molecule has 2 aromatic rings. The molecule has 0 aliphatic rings. The summed E-state index contributed by atoms with van der Waals surface area (Å²) < 4.78 is 99.1. The van der Waals surface area contributed by atoms with E-state index in [1.165, 1.54) is 36.4 Å². The van der Waals surface area contributed by atoms with Crippen molar-refractivity contribution in [1.82, 2.24) is 0 Å². The molecule has 0 bridgehead atoms. The normalized spacial score (nSPS) is 16.1. The van der Waals surface area contributed by atoms with Crippen molar-refractivity contribution in [2.75, 3.05) is 0 Å². The number of halogens is 6. The van der Waals surface area contributed by atoms with Crippen LogP contribution in [0.15, 0.2) is 60.7 Å². The lowest BCUT2D eigenvalue weighted by Gasteiger charge is -2.23. The van der Waals surface area contributed by atoms with Gasteiger partial charge < -0.3 is 0 Å². The molecule has 0 N–H and O–H groups in total. The van der Waals surface area contributed by atoms with Gasteiger partial charge in [-0.2, -0.15) is 30.6 Å². The van der Waals surface area contributed by atoms with Crippen molar-refractivity contribution in [3.8, 4) is 0 Å². The molecule has 0 aromatic heterocycles. The Bertz CT molecular complexity index is 657. The average Bonchev–Trinajstić information content (AvgIpc) is 2.57. The zero-order chi connectivity index (χ0) is 19.4. The number of rotatable bonds is 6. The standard InChI is InChI=1S/C16H12F6O3S/c17-15(18,19)13(11-7-3-1-4-8-11)24-26(23)25-14(16(20,21)22)12-9-5-2-6-10-12/h1-10,13-14H. The Balaban J connectivity index is 2.21. The molecule has 0 aliphatic heterocycles. The second-order valence-corrected chi connectivity index (χ2v) is 5.85. The molecular weight excluding hydrogens is 386 g/mol. The van der Waals surface area contributed by atoms with E-state index in [1.807, 2.05) is 0 Å². The molecular formula is C16H12F6O3S. The van der Waals surface area contributed by atoms with Gasteiger partial charge >= 0.3 is 23.7 Å². The highest BCUT2D eigenvalue weighted by Crippen LogP contribution is 2.40. The van der Waals surface area contributed by atoms with Crippen molar-refractivity contribution < 1.29 is 38.9 Å². The van der Waals surface area contributed by atoms with E-state index in [4.69, 9.17) is 0 Å². The first kappa shape index (κ1) is 20.4. The van der Waals surface area contributed by atoms with Crippen LogP contribution < -0.4 is 0 Å². The molecule has 142 valence electrons. The molecule has 0 heterocycles. The summed E-state index contributed by atoms with van der Waals surface area (Å²) in [5.74, 6) is 0. The van der Waals surface area contributed by atoms with E-state index in [9.17, 15) is 30.6 Å². The van der Waals surface area contributed by atoms with Crippen LogP contribution in [-0.2, 0) is 19.7 Å². The highest BCUT2D eigenvalue weighted by atomic mass is 32.2. The summed E-state index contributed by atoms with van der Waals surface area (Å²) in [5, 5.41) is 0. The van der Waals surface area contributed by atoms with Crippen molar-refractivity contribution in [2.24, 2.45) is 0 Å². The maximum atomic E-state index is 13.1. The quantitative estimate of drug-likeness (QED) is 0.627. The van der Waals surface area contributed by atoms with Gasteiger partial charge in [0.2, 0.25) is 0 Å². The van der Waals surface area contributed by atoms with Crippen LogP contribution in [0.5, 0.6) is 0 Å². The second kappa shape index (κ2) is 8.19. The number of hydrogen-bond donors (Lipinski definition) is 0. The van der Waals surface area contributed by atoms with Crippen molar-refractivity contribution in [3.05, 3.63) is 71.8 Å². The average molecular weight is 398 g/mol. The first-order chi connectivity index (χ1) is 12.1. The van der Waals surface area contributed by atoms with Crippen LogP contribution in [-0.4, -0.2) is 16.6 Å². The maximum Gasteiger partial charge on any atom is 0.420 e. The van der Waals surface area contributed by atoms with Gasteiger partial charge in [0.05, 0.1) is 0 Å². The molecule has 10 heteroatoms. The molecule has 0 aliphatic carbocycles. The lowest BCUT2D eigenvalue weighted by atomic mass is 10.1. The van der Waals surface area contributed by atoms with E-state index >= 15 is 0 Å². The summed E-state index contributed by atoms with van der Waals surface area (Å²) >= 11 is -3.31. The summed E-state index contributed by atoms with van der Waals surface area (Å²) in [7, 11) is 0. The SMILES string of the molecule is O=S(OC(c1ccccc1)C(F)(F)F)OC(c1ccccc1)C(F)(F)F. The van der Waals surface area contributed by atoms with Crippen molar-refractivity contribution in [2.45, 2.75) is 24.6 Å². The Morgan fingerprint density at radius 2 is 0.962 bits per heavy atom. The van der Waals surface area contributed by atoms with E-state index in [-0.39, 0.29) is 0 Å². The Hall–Kier alpha value is -1.91. The molecule has 0 saturated carbocycles. The van der Waals surface area contributed by atoms with Crippen molar-refractivity contribution >= 4 is 11.4 Å². The molecule has 0 radical (unpaired) electrons. The fourth-order valence-electron chi connectivity index (χ4n) is 2.03. The first-order valence-corrected chi connectivity index (χ1v) is 8.08. The monoisotopic (exact) mass is 398 g/mol. The Morgan fingerprint density at radius 3 is 1.23 bits per heavy atom. The molecule has 0 fully saturated rings. The number of benzene rings is 2. The molecule has 3 nitrogen and oxygen atoms in total. The van der Waals surface area contributed by atoms with Crippen LogP contribution in [0.2, 0.25) is 0 Å². The van der Waals surface area contributed by atoms with Crippen LogP contribution in [0.25, 0.3) is 0 Å². The molecule has 2 aromatic carbocycles. The summed E-state index contributed by atoms with van der Waals surface area (Å²) in [6.45, 7) is 0. The van der Waals surface area contributed by atoms with Gasteiger partial charge in [-0.1, -0.05) is 60.7 Å². The second-order valence-electron chi connectivity index (χ2n) is 5.06. The van der Waals surface area contributed by atoms with Crippen LogP contribution in [0.4, 0.5) is 26.3 Å². The minimum Gasteiger partial charge on any atom is -0.251 e. The van der Waals surface area contributed by atoms with Gasteiger partial charge in [0, 0.05) is 0 Å². The highest BCUT2D eigenvalue weighted by Gasteiger charge is 2.47. The summed E-state index contributed by atoms with van der Waals surface area (Å²) in [6.07, 6.45) is -15.4. The topological polar surface area (TPSA) is 35.5 Å². The van der Waals surface area contributed by atoms with Crippen molar-refractivity contribution in [3.63, 3.8) is 0 Å². The fourth-order valence-corrected chi connectivity index (χ4v) is 2.83. The van der Waals surface area contributed by atoms with Gasteiger partial charge in [-0.15, -0.1) is 0 Å². The summed E-state index contributed by atoms with van der Waals surface area (Å²) in [6, 6.07) is 12.2. The Morgan fingerprint density at radius 1 is 0.654 bits per heavy atom. The van der Waals surface area contributed by atoms with E-state index < -0.39 is 47.0 Å². The van der Waals surface area contributed by atoms with E-state index in [1.54, 1.807) is 0 Å². The third-order valence-electron chi connectivity index (χ3n) is 3.15. The maximum absolute atomic E-state index is 13.1. The highest BCUT2D eigenvalue weighted by molar-refractivity contribution is 7.75. The van der Waals surface area contributed by atoms with Crippen LogP contribution in [0, 0.1) is 0 Å². The number of hydrogen-bond acceptors (Lipinski definition) is 3. The van der Waals surface area contributed by atoms with E-state index in [0.29, 0.717) is 0 Å². The fraction of sp³-hybridized carbons (Fsp3) is 0.250. The lowest BCUT2D eigenvalue weighted by Crippen LogP contribution is -2.28. The van der Waals surface area contributed by atoms with Gasteiger partial charge in [-0.25, -0.2) is 0 Å². The van der Waals surface area contributed by atoms with Gasteiger partial charge in [0.1, 0.15) is 0 Å². The lowest BCUT2D eigenvalue weighted by molar-refractivity contribution is -0.208. The number of alkyl halides is 6. The van der Waals surface area contributed by atoms with Crippen LogP contribution >= 0.6 is 0 Å². The smallest absolute Gasteiger partial charge is 0.251 e. The van der Waals surface area contributed by atoms with Gasteiger partial charge in [0.15, 0.2) is 12.2 Å². The molecule has 2 atom stereocenters. The first-order valence-electron chi connectivity index (χ1n) is 7.08. The van der Waals surface area contributed by atoms with Crippen LogP contribution in [0.1, 0.15) is 23.3 Å². The Labute approximate surface area is 147 Å². The zero-order valence-corrected chi connectivity index (χ0v) is 13.6. The molecule has 2 rings (SSSR count). The molecule has 2 unspecified atom stereocenters. The van der Waals surface area contributed by atoms with E-state index in [2.05, 4.69) is 8.37 Å². The summed E-state index contributed by atoms with van der Waals surface area (Å²) in [5.41, 5.74) is -0.833. The minimum absolute atomic E-state index is 0.416. The van der Waals surface area contributed by atoms with Gasteiger partial charge in [0.25, 0.3) is 0 Å². The van der Waals surface area contributed by atoms with Crippen molar-refractivity contribution in [1.29, 1.82) is 0 Å². The molecule has 0 spiro atoms. The molecule has 0 saturated heterocycles. The van der Waals surface area contributed by atoms with E-state index in [0.717, 1.165) is 24.3 Å². The predicted octanol–water partition coefficient (Wildman–Crippen LogP) is 5.21. The molecule has 0 amide bonds. The molecule has 26 heavy (non-hydrogen) atoms.